The van der Waals surface area contributed by atoms with E-state index in [0.29, 0.717) is 18.6 Å². The summed E-state index contributed by atoms with van der Waals surface area (Å²) in [5.74, 6) is 0.343. The Morgan fingerprint density at radius 3 is 1.40 bits per heavy atom. The molecule has 0 saturated heterocycles. The van der Waals surface area contributed by atoms with Gasteiger partial charge in [-0.2, -0.15) is 0 Å². The van der Waals surface area contributed by atoms with E-state index in [2.05, 4.69) is 9.78 Å². The largest absolute Gasteiger partial charge is 0.300 e. The van der Waals surface area contributed by atoms with Gasteiger partial charge in [-0.05, 0) is 0 Å². The molecule has 0 aromatic heterocycles. The number of rotatable bonds is 3. The maximum Gasteiger partial charge on any atom is 0.132 e. The molecule has 0 spiro atoms. The highest BCUT2D eigenvalue weighted by molar-refractivity contribution is 5.77. The summed E-state index contributed by atoms with van der Waals surface area (Å²) >= 11 is 0. The summed E-state index contributed by atoms with van der Waals surface area (Å²) in [5, 5.41) is 0. The molecule has 0 N–H and O–H groups in total. The van der Waals surface area contributed by atoms with Crippen molar-refractivity contribution in [3.05, 3.63) is 0 Å². The molecule has 0 aromatic carbocycles. The topological polar surface area (TPSA) is 35.5 Å². The zero-order valence-electron chi connectivity index (χ0n) is 7.14. The van der Waals surface area contributed by atoms with Crippen molar-refractivity contribution in [3.63, 3.8) is 0 Å². The van der Waals surface area contributed by atoms with Gasteiger partial charge in [0.15, 0.2) is 0 Å². The number of hydrogen-bond donors (Lipinski definition) is 0. The van der Waals surface area contributed by atoms with Gasteiger partial charge in [0.05, 0.1) is 14.2 Å². The number of Topliss-reactive ketones (excluding diaryl/α,β-unsaturated/α-hetero) is 1. The van der Waals surface area contributed by atoms with Crippen LogP contribution in [0.15, 0.2) is 0 Å². The van der Waals surface area contributed by atoms with Gasteiger partial charge in [0, 0.05) is 12.8 Å². The van der Waals surface area contributed by atoms with Gasteiger partial charge >= 0.3 is 0 Å². The third kappa shape index (κ3) is 15.6. The molecule has 10 heavy (non-hydrogen) atoms. The molecule has 0 fully saturated rings. The monoisotopic (exact) mass is 148 g/mol. The van der Waals surface area contributed by atoms with E-state index < -0.39 is 0 Å². The fourth-order valence-electron chi connectivity index (χ4n) is 0.250. The predicted molar refractivity (Wildman–Crippen MR) is 39.6 cm³/mol. The molecule has 0 unspecified atom stereocenters. The van der Waals surface area contributed by atoms with Gasteiger partial charge in [0.2, 0.25) is 0 Å². The Hall–Kier alpha value is -0.410. The minimum Gasteiger partial charge on any atom is -0.300 e. The molecule has 62 valence electrons. The molecule has 0 bridgehead atoms. The van der Waals surface area contributed by atoms with E-state index in [-0.39, 0.29) is 0 Å². The quantitative estimate of drug-likeness (QED) is 0.450. The van der Waals surface area contributed by atoms with Gasteiger partial charge < -0.3 is 0 Å². The third-order valence-corrected chi connectivity index (χ3v) is 0.955. The van der Waals surface area contributed by atoms with Crippen molar-refractivity contribution < 1.29 is 14.6 Å². The van der Waals surface area contributed by atoms with Crippen LogP contribution >= 0.6 is 0 Å². The maximum absolute atomic E-state index is 10.2. The van der Waals surface area contributed by atoms with Gasteiger partial charge in [0.1, 0.15) is 5.78 Å². The second kappa shape index (κ2) is 11.4. The van der Waals surface area contributed by atoms with Crippen LogP contribution in [0.25, 0.3) is 0 Å². The number of carbonyl (C=O) groups excluding carboxylic acids is 1. The Morgan fingerprint density at radius 1 is 1.10 bits per heavy atom. The molecule has 3 heteroatoms. The van der Waals surface area contributed by atoms with E-state index in [1.54, 1.807) is 0 Å². The van der Waals surface area contributed by atoms with Crippen LogP contribution in [0.4, 0.5) is 0 Å². The standard InChI is InChI=1S/C5H10O.C2H6O2/c1-3-5(6)4-2;1-3-4-2/h3-4H2,1-2H3;1-2H3. The molecule has 0 aliphatic rings. The van der Waals surface area contributed by atoms with Gasteiger partial charge in [-0.15, -0.1) is 0 Å². The molecular formula is C7H16O3. The molecule has 0 amide bonds. The minimum absolute atomic E-state index is 0.343. The second-order valence-corrected chi connectivity index (χ2v) is 1.58. The first-order chi connectivity index (χ1) is 4.72. The molecule has 0 aliphatic heterocycles. The maximum atomic E-state index is 10.2. The summed E-state index contributed by atoms with van der Waals surface area (Å²) < 4.78 is 0. The Balaban J connectivity index is 0. The van der Waals surface area contributed by atoms with Crippen LogP contribution in [0.3, 0.4) is 0 Å². The molecule has 0 rings (SSSR count). The summed E-state index contributed by atoms with van der Waals surface area (Å²) in [4.78, 5) is 18.3. The Kier molecular flexibility index (Phi) is 14.0. The highest BCUT2D eigenvalue weighted by Gasteiger charge is 1.86. The van der Waals surface area contributed by atoms with Crippen molar-refractivity contribution in [1.82, 2.24) is 0 Å². The number of hydrogen-bond acceptors (Lipinski definition) is 3. The summed E-state index contributed by atoms with van der Waals surface area (Å²) in [6.45, 7) is 3.76. The molecule has 0 heterocycles. The molecule has 3 nitrogen and oxygen atoms in total. The van der Waals surface area contributed by atoms with Gasteiger partial charge in [-0.25, -0.2) is 9.78 Å². The number of carbonyl (C=O) groups is 1. The van der Waals surface area contributed by atoms with Crippen LogP contribution in [0, 0.1) is 0 Å². The molecule has 0 atom stereocenters. The van der Waals surface area contributed by atoms with Crippen molar-refractivity contribution in [1.29, 1.82) is 0 Å². The molecule has 0 saturated carbocycles. The SMILES string of the molecule is CCC(=O)CC.COOC. The van der Waals surface area contributed by atoms with Gasteiger partial charge in [0.25, 0.3) is 0 Å². The fraction of sp³-hybridized carbons (Fsp3) is 0.857. The minimum atomic E-state index is 0.343. The van der Waals surface area contributed by atoms with E-state index in [0.717, 1.165) is 0 Å². The first kappa shape index (κ1) is 12.3. The Labute approximate surface area is 62.3 Å². The smallest absolute Gasteiger partial charge is 0.132 e. The van der Waals surface area contributed by atoms with E-state index in [4.69, 9.17) is 0 Å². The Morgan fingerprint density at radius 2 is 1.40 bits per heavy atom. The van der Waals surface area contributed by atoms with Crippen LogP contribution in [0.2, 0.25) is 0 Å². The highest BCUT2D eigenvalue weighted by Crippen LogP contribution is 1.83. The van der Waals surface area contributed by atoms with E-state index in [9.17, 15) is 4.79 Å². The van der Waals surface area contributed by atoms with Crippen molar-refractivity contribution in [2.24, 2.45) is 0 Å². The third-order valence-electron chi connectivity index (χ3n) is 0.955. The van der Waals surface area contributed by atoms with Gasteiger partial charge in [-0.1, -0.05) is 13.8 Å². The van der Waals surface area contributed by atoms with Crippen molar-refractivity contribution >= 4 is 5.78 Å². The van der Waals surface area contributed by atoms with Crippen molar-refractivity contribution in [3.8, 4) is 0 Å². The zero-order chi connectivity index (χ0) is 8.41. The molecular weight excluding hydrogens is 132 g/mol. The first-order valence-corrected chi connectivity index (χ1v) is 3.31. The Bertz CT molecular complexity index is 63.3. The van der Waals surface area contributed by atoms with Crippen LogP contribution in [-0.4, -0.2) is 20.0 Å². The molecule has 0 aliphatic carbocycles. The lowest BCUT2D eigenvalue weighted by molar-refractivity contribution is -0.248. The summed E-state index contributed by atoms with van der Waals surface area (Å²) in [6, 6.07) is 0. The average molecular weight is 148 g/mol. The highest BCUT2D eigenvalue weighted by atomic mass is 17.2. The van der Waals surface area contributed by atoms with Crippen LogP contribution in [0.1, 0.15) is 26.7 Å². The first-order valence-electron chi connectivity index (χ1n) is 3.31. The van der Waals surface area contributed by atoms with Gasteiger partial charge in [-0.3, -0.25) is 4.79 Å². The van der Waals surface area contributed by atoms with E-state index >= 15 is 0 Å². The van der Waals surface area contributed by atoms with Crippen LogP contribution in [0.5, 0.6) is 0 Å². The summed E-state index contributed by atoms with van der Waals surface area (Å²) in [6.07, 6.45) is 1.38. The average Bonchev–Trinajstić information content (AvgIpc) is 2.03. The predicted octanol–water partition coefficient (Wildman–Crippen LogP) is 1.57. The number of ketones is 1. The fourth-order valence-corrected chi connectivity index (χ4v) is 0.250. The molecule has 0 aromatic rings. The second-order valence-electron chi connectivity index (χ2n) is 1.58. The lowest BCUT2D eigenvalue weighted by Gasteiger charge is -1.81. The summed E-state index contributed by atoms with van der Waals surface area (Å²) in [5.41, 5.74) is 0. The lowest BCUT2D eigenvalue weighted by Crippen LogP contribution is -1.88. The van der Waals surface area contributed by atoms with Crippen molar-refractivity contribution in [2.45, 2.75) is 26.7 Å². The summed E-state index contributed by atoms with van der Waals surface area (Å²) in [7, 11) is 2.92. The normalized spacial score (nSPS) is 8.00. The van der Waals surface area contributed by atoms with Crippen LogP contribution < -0.4 is 0 Å². The van der Waals surface area contributed by atoms with Crippen molar-refractivity contribution in [2.75, 3.05) is 14.2 Å². The molecule has 0 radical (unpaired) electrons. The van der Waals surface area contributed by atoms with E-state index in [1.165, 1.54) is 14.2 Å². The van der Waals surface area contributed by atoms with Crippen LogP contribution in [-0.2, 0) is 14.6 Å². The lowest BCUT2D eigenvalue weighted by atomic mass is 10.3. The zero-order valence-corrected chi connectivity index (χ0v) is 7.14. The van der Waals surface area contributed by atoms with E-state index in [1.807, 2.05) is 13.8 Å².